The van der Waals surface area contributed by atoms with Gasteiger partial charge in [0.15, 0.2) is 0 Å². The third kappa shape index (κ3) is 6.00. The molecule has 1 rings (SSSR count). The summed E-state index contributed by atoms with van der Waals surface area (Å²) in [6, 6.07) is 10.8. The first-order valence-corrected chi connectivity index (χ1v) is 8.37. The molecule has 0 aromatic heterocycles. The quantitative estimate of drug-likeness (QED) is 0.586. The third-order valence-electron chi connectivity index (χ3n) is 3.02. The minimum absolute atomic E-state index is 0.239. The molecule has 0 aliphatic rings. The molecule has 0 nitrogen and oxygen atoms in total. The average molecular weight is 426 g/mol. The summed E-state index contributed by atoms with van der Waals surface area (Å²) in [6.45, 7) is 13.8. The zero-order chi connectivity index (χ0) is 14.7. The Kier molecular flexibility index (Phi) is 5.51. The standard InChI is InChI=1S/C18H26.W/c1-17(2,3)14-16(18(4,5)6)13-12-15-10-8-7-9-11-15;/h7-11,14H,13H2,1-6H3;. The molecule has 1 aromatic carbocycles. The van der Waals surface area contributed by atoms with Crippen LogP contribution in [-0.2, 0) is 19.4 Å². The van der Waals surface area contributed by atoms with E-state index in [1.807, 2.05) is 0 Å². The molecule has 0 saturated carbocycles. The Morgan fingerprint density at radius 3 is 1.95 bits per heavy atom. The fourth-order valence-corrected chi connectivity index (χ4v) is 3.00. The van der Waals surface area contributed by atoms with Crippen LogP contribution in [0.15, 0.2) is 42.0 Å². The molecule has 0 aliphatic heterocycles. The summed E-state index contributed by atoms with van der Waals surface area (Å²) in [5, 5.41) is 0. The Hall–Kier alpha value is -0.482. The van der Waals surface area contributed by atoms with Crippen molar-refractivity contribution < 1.29 is 19.4 Å². The molecular formula is C18H26W. The zero-order valence-electron chi connectivity index (χ0n) is 13.1. The van der Waals surface area contributed by atoms with Gasteiger partial charge in [-0.05, 0) is 0 Å². The second kappa shape index (κ2) is 6.31. The van der Waals surface area contributed by atoms with Gasteiger partial charge in [-0.3, -0.25) is 0 Å². The molecule has 1 aromatic rings. The van der Waals surface area contributed by atoms with Crippen molar-refractivity contribution in [2.24, 2.45) is 10.8 Å². The van der Waals surface area contributed by atoms with Gasteiger partial charge in [-0.15, -0.1) is 0 Å². The second-order valence-electron chi connectivity index (χ2n) is 7.25. The third-order valence-corrected chi connectivity index (χ3v) is 4.38. The van der Waals surface area contributed by atoms with Crippen molar-refractivity contribution in [3.8, 4) is 0 Å². The Morgan fingerprint density at radius 2 is 1.53 bits per heavy atom. The van der Waals surface area contributed by atoms with E-state index in [4.69, 9.17) is 0 Å². The molecule has 0 saturated heterocycles. The van der Waals surface area contributed by atoms with Crippen molar-refractivity contribution in [1.82, 2.24) is 0 Å². The van der Waals surface area contributed by atoms with Gasteiger partial charge in [0.1, 0.15) is 0 Å². The Labute approximate surface area is 129 Å². The van der Waals surface area contributed by atoms with Crippen LogP contribution in [0.2, 0.25) is 0 Å². The maximum absolute atomic E-state index is 2.46. The normalized spacial score (nSPS) is 13.5. The molecule has 0 spiro atoms. The van der Waals surface area contributed by atoms with Crippen LogP contribution in [0.5, 0.6) is 0 Å². The Balaban J connectivity index is 2.98. The summed E-state index contributed by atoms with van der Waals surface area (Å²) in [4.78, 5) is 0. The van der Waals surface area contributed by atoms with Crippen molar-refractivity contribution >= 4 is 3.90 Å². The summed E-state index contributed by atoms with van der Waals surface area (Å²) in [5.41, 5.74) is 3.42. The number of allylic oxidation sites excluding steroid dienone is 2. The number of hydrogen-bond donors (Lipinski definition) is 0. The number of rotatable bonds is 3. The second-order valence-corrected chi connectivity index (χ2v) is 9.02. The molecule has 19 heavy (non-hydrogen) atoms. The molecule has 0 atom stereocenters. The summed E-state index contributed by atoms with van der Waals surface area (Å²) in [6.07, 6.45) is 3.55. The molecular weight excluding hydrogens is 400 g/mol. The predicted octanol–water partition coefficient (Wildman–Crippen LogP) is 5.16. The maximum atomic E-state index is 2.46. The molecule has 0 fully saturated rings. The summed E-state index contributed by atoms with van der Waals surface area (Å²) >= 11 is 1.57. The van der Waals surface area contributed by atoms with E-state index >= 15 is 0 Å². The van der Waals surface area contributed by atoms with Crippen molar-refractivity contribution in [2.75, 3.05) is 0 Å². The van der Waals surface area contributed by atoms with E-state index in [1.54, 1.807) is 24.9 Å². The van der Waals surface area contributed by atoms with Gasteiger partial charge in [0.2, 0.25) is 0 Å². The molecule has 0 aliphatic carbocycles. The van der Waals surface area contributed by atoms with E-state index in [9.17, 15) is 0 Å². The van der Waals surface area contributed by atoms with E-state index in [0.717, 1.165) is 6.42 Å². The van der Waals surface area contributed by atoms with Gasteiger partial charge in [0, 0.05) is 0 Å². The summed E-state index contributed by atoms with van der Waals surface area (Å²) in [7, 11) is 0. The van der Waals surface area contributed by atoms with Crippen LogP contribution < -0.4 is 0 Å². The first-order valence-electron chi connectivity index (χ1n) is 6.90. The average Bonchev–Trinajstić information content (AvgIpc) is 2.26. The summed E-state index contributed by atoms with van der Waals surface area (Å²) in [5.74, 6) is 0. The first kappa shape index (κ1) is 16.6. The Morgan fingerprint density at radius 1 is 1.00 bits per heavy atom. The van der Waals surface area contributed by atoms with Crippen molar-refractivity contribution in [2.45, 2.75) is 48.0 Å². The molecule has 104 valence electrons. The van der Waals surface area contributed by atoms with Gasteiger partial charge in [0.05, 0.1) is 0 Å². The molecule has 0 radical (unpaired) electrons. The van der Waals surface area contributed by atoms with Crippen LogP contribution in [0, 0.1) is 10.8 Å². The predicted molar refractivity (Wildman–Crippen MR) is 82.2 cm³/mol. The summed E-state index contributed by atoms with van der Waals surface area (Å²) < 4.78 is 1.53. The van der Waals surface area contributed by atoms with Crippen LogP contribution in [0.3, 0.4) is 0 Å². The molecule has 1 heteroatoms. The molecule has 0 unspecified atom stereocenters. The monoisotopic (exact) mass is 426 g/mol. The SMILES string of the molecule is CC(C)(C)C=C(C[C](=[W])c1ccccc1)C(C)(C)C. The van der Waals surface area contributed by atoms with Gasteiger partial charge >= 0.3 is 130 Å². The number of benzene rings is 1. The van der Waals surface area contributed by atoms with Gasteiger partial charge in [-0.25, -0.2) is 0 Å². The van der Waals surface area contributed by atoms with Gasteiger partial charge < -0.3 is 0 Å². The fraction of sp³-hybridized carbons (Fsp3) is 0.500. The van der Waals surface area contributed by atoms with Gasteiger partial charge in [-0.2, -0.15) is 0 Å². The first-order chi connectivity index (χ1) is 8.59. The van der Waals surface area contributed by atoms with E-state index < -0.39 is 0 Å². The Bertz CT molecular complexity index is 453. The van der Waals surface area contributed by atoms with Crippen LogP contribution in [0.25, 0.3) is 0 Å². The van der Waals surface area contributed by atoms with Crippen molar-refractivity contribution in [3.63, 3.8) is 0 Å². The zero-order valence-corrected chi connectivity index (χ0v) is 16.0. The van der Waals surface area contributed by atoms with E-state index in [1.165, 1.54) is 9.46 Å². The van der Waals surface area contributed by atoms with E-state index in [2.05, 4.69) is 78.0 Å². The van der Waals surface area contributed by atoms with E-state index in [0.29, 0.717) is 0 Å². The van der Waals surface area contributed by atoms with E-state index in [-0.39, 0.29) is 10.8 Å². The van der Waals surface area contributed by atoms with Crippen molar-refractivity contribution in [3.05, 3.63) is 47.5 Å². The molecule has 0 amide bonds. The van der Waals surface area contributed by atoms with Gasteiger partial charge in [0.25, 0.3) is 0 Å². The molecule has 0 N–H and O–H groups in total. The van der Waals surface area contributed by atoms with Crippen LogP contribution in [0.4, 0.5) is 0 Å². The molecule has 0 bridgehead atoms. The van der Waals surface area contributed by atoms with Crippen molar-refractivity contribution in [1.29, 1.82) is 0 Å². The minimum atomic E-state index is 0.239. The van der Waals surface area contributed by atoms with Crippen LogP contribution in [-0.4, -0.2) is 3.90 Å². The van der Waals surface area contributed by atoms with Crippen LogP contribution in [0.1, 0.15) is 53.5 Å². The number of hydrogen-bond acceptors (Lipinski definition) is 0. The molecule has 0 heterocycles. The van der Waals surface area contributed by atoms with Gasteiger partial charge in [-0.1, -0.05) is 0 Å². The van der Waals surface area contributed by atoms with Crippen LogP contribution >= 0.6 is 0 Å². The topological polar surface area (TPSA) is 0 Å². The fourth-order valence-electron chi connectivity index (χ4n) is 1.95.